The van der Waals surface area contributed by atoms with Gasteiger partial charge in [0.1, 0.15) is 0 Å². The van der Waals surface area contributed by atoms with Crippen molar-refractivity contribution in [1.29, 1.82) is 0 Å². The van der Waals surface area contributed by atoms with E-state index in [1.807, 2.05) is 0 Å². The van der Waals surface area contributed by atoms with Crippen LogP contribution in [0.1, 0.15) is 224 Å². The van der Waals surface area contributed by atoms with Gasteiger partial charge in [0.25, 0.3) is 0 Å². The zero-order chi connectivity index (χ0) is 43.1. The number of ether oxygens (including phenoxy) is 2. The van der Waals surface area contributed by atoms with Crippen LogP contribution in [0.4, 0.5) is 0 Å². The van der Waals surface area contributed by atoms with Gasteiger partial charge in [-0.05, 0) is 0 Å². The first-order valence-electron chi connectivity index (χ1n) is 26.3. The fourth-order valence-corrected chi connectivity index (χ4v) is 22.5. The van der Waals surface area contributed by atoms with Crippen LogP contribution in [0.3, 0.4) is 0 Å². The van der Waals surface area contributed by atoms with Crippen molar-refractivity contribution >= 4 is 70.8 Å². The minimum atomic E-state index is -2.20. The van der Waals surface area contributed by atoms with Gasteiger partial charge < -0.3 is 0 Å². The Morgan fingerprint density at radius 3 is 1.05 bits per heavy atom. The van der Waals surface area contributed by atoms with Crippen molar-refractivity contribution < 1.29 is 9.47 Å². The quantitative estimate of drug-likeness (QED) is 0.0432. The maximum absolute atomic E-state index is 6.79. The summed E-state index contributed by atoms with van der Waals surface area (Å²) in [5.74, 6) is 0.512. The summed E-state index contributed by atoms with van der Waals surface area (Å²) in [7, 11) is 0. The first-order valence-corrected chi connectivity index (χ1v) is 47.9. The molecule has 2 aromatic rings. The molecule has 2 nitrogen and oxygen atoms in total. The first kappa shape index (κ1) is 53.3. The Bertz CT molecular complexity index is 1340. The van der Waals surface area contributed by atoms with Gasteiger partial charge in [-0.1, -0.05) is 168 Å². The van der Waals surface area contributed by atoms with E-state index in [-0.39, 0.29) is 0 Å². The Hall–Kier alpha value is 0.657. The Kier molecular flexibility index (Phi) is 26.7. The molecule has 1 saturated carbocycles. The van der Waals surface area contributed by atoms with Crippen LogP contribution < -0.4 is 5.79 Å². The molecule has 1 fully saturated rings. The van der Waals surface area contributed by atoms with Crippen LogP contribution in [0.2, 0.25) is 29.6 Å². The van der Waals surface area contributed by atoms with E-state index in [1.165, 1.54) is 180 Å². The third-order valence-electron chi connectivity index (χ3n) is 13.5. The van der Waals surface area contributed by atoms with Gasteiger partial charge in [0, 0.05) is 0 Å². The molecule has 0 aromatic carbocycles. The second-order valence-electron chi connectivity index (χ2n) is 21.4. The van der Waals surface area contributed by atoms with Crippen LogP contribution in [0, 0.1) is 5.92 Å². The van der Waals surface area contributed by atoms with Crippen LogP contribution in [0.5, 0.6) is 0 Å². The summed E-state index contributed by atoms with van der Waals surface area (Å²) in [5, 5.41) is 0. The van der Waals surface area contributed by atoms with Crippen molar-refractivity contribution in [1.82, 2.24) is 0 Å². The maximum atomic E-state index is 6.79. The molecule has 0 bridgehead atoms. The van der Waals surface area contributed by atoms with E-state index in [4.69, 9.17) is 9.47 Å². The predicted octanol–water partition coefficient (Wildman–Crippen LogP) is 17.8. The number of unbranched alkanes of at least 4 members (excludes halogenated alkanes) is 26. The molecular weight excluding hydrogens is 982 g/mol. The molecule has 2 heterocycles. The normalized spacial score (nSPS) is 18.1. The summed E-state index contributed by atoms with van der Waals surface area (Å²) in [4.78, 5) is 18.7. The minimum absolute atomic E-state index is 0.317. The molecule has 2 aromatic heterocycles. The van der Waals surface area contributed by atoms with E-state index in [9.17, 15) is 0 Å². The molecular formula is C54H96O2S2Sn2. The van der Waals surface area contributed by atoms with Crippen molar-refractivity contribution in [3.05, 3.63) is 29.3 Å². The van der Waals surface area contributed by atoms with E-state index in [0.717, 1.165) is 32.5 Å². The molecule has 0 N–H and O–H groups in total. The zero-order valence-corrected chi connectivity index (χ0v) is 48.3. The molecule has 344 valence electrons. The number of fused-ring (bicyclic) bond motifs is 3. The molecule has 4 rings (SSSR count). The Labute approximate surface area is 389 Å². The van der Waals surface area contributed by atoms with E-state index < -0.39 is 36.8 Å². The average Bonchev–Trinajstić information content (AvgIpc) is 3.91. The van der Waals surface area contributed by atoms with Gasteiger partial charge in [-0.3, -0.25) is 0 Å². The molecule has 0 amide bonds. The third kappa shape index (κ3) is 20.0. The van der Waals surface area contributed by atoms with E-state index in [0.29, 0.717) is 18.1 Å². The van der Waals surface area contributed by atoms with Gasteiger partial charge in [-0.15, -0.1) is 0 Å². The molecule has 2 aliphatic rings. The van der Waals surface area contributed by atoms with Crippen LogP contribution >= 0.6 is 22.7 Å². The van der Waals surface area contributed by atoms with Crippen molar-refractivity contribution in [2.24, 2.45) is 5.92 Å². The van der Waals surface area contributed by atoms with Crippen LogP contribution in [0.25, 0.3) is 15.3 Å². The standard InChI is InChI=1S/C48H78O2S2.6CH3.2Sn/c1-3-5-7-9-11-13-15-17-19-21-23-25-27-29-33-49-42-37-41(39-46-44-31-35-51-47(44)48-45(46)32-36-52-48)38-43(40-42)50-34-30-28-26-24-22-20-18-16-14-12-10-8-6-4-2;;;;;;;;/h31-32,39,41-43H,3-30,33-34,37-38,40H2,1-2H3;6*1H3;;/t41?,42-,43?;;;;;;;;/m0......../s1. The summed E-state index contributed by atoms with van der Waals surface area (Å²) in [6, 6.07) is 5.29. The summed E-state index contributed by atoms with van der Waals surface area (Å²) in [6.07, 6.45) is 46.0. The van der Waals surface area contributed by atoms with Crippen molar-refractivity contribution in [2.45, 2.75) is 255 Å². The van der Waals surface area contributed by atoms with Gasteiger partial charge in [-0.25, -0.2) is 0 Å². The molecule has 0 saturated heterocycles. The molecule has 0 spiro atoms. The average molecular weight is 1080 g/mol. The van der Waals surface area contributed by atoms with Crippen LogP contribution in [0.15, 0.2) is 18.2 Å². The number of allylic oxidation sites excluding steroid dienone is 1. The first-order chi connectivity index (χ1) is 29.0. The van der Waals surface area contributed by atoms with Gasteiger partial charge in [0.2, 0.25) is 0 Å². The van der Waals surface area contributed by atoms with Crippen LogP contribution in [-0.4, -0.2) is 62.2 Å². The molecule has 6 heteroatoms. The Balaban J connectivity index is 1.25. The monoisotopic (exact) mass is 1080 g/mol. The Morgan fingerprint density at radius 2 is 0.750 bits per heavy atom. The molecule has 3 atom stereocenters. The predicted molar refractivity (Wildman–Crippen MR) is 278 cm³/mol. The van der Waals surface area contributed by atoms with Crippen LogP contribution in [-0.2, 0) is 9.47 Å². The topological polar surface area (TPSA) is 18.5 Å². The summed E-state index contributed by atoms with van der Waals surface area (Å²) < 4.78 is 17.0. The molecule has 2 unspecified atom stereocenters. The van der Waals surface area contributed by atoms with Crippen molar-refractivity contribution in [3.63, 3.8) is 0 Å². The second-order valence-corrected chi connectivity index (χ2v) is 54.4. The van der Waals surface area contributed by atoms with Gasteiger partial charge in [-0.2, -0.15) is 0 Å². The zero-order valence-electron chi connectivity index (χ0n) is 40.9. The van der Waals surface area contributed by atoms with Gasteiger partial charge >= 0.3 is 225 Å². The summed E-state index contributed by atoms with van der Waals surface area (Å²) in [5.41, 5.74) is 4.67. The SMILES string of the molecule is CCCCCCCCCCCCCCCCOC1CC(C=C2c3c[c]([Sn]([CH3])([CH3])[CH3])sc3-c3s[c]([Sn]([CH3])([CH3])[CH3])cc32)C[C@H](OCCCCCCCCCCCCCCCC)C1. The fraction of sp³-hybridized carbons (Fsp3) is 0.815. The molecule has 2 aliphatic carbocycles. The van der Waals surface area contributed by atoms with Gasteiger partial charge in [0.15, 0.2) is 0 Å². The van der Waals surface area contributed by atoms with E-state index in [2.05, 4.69) is 84.4 Å². The number of hydrogen-bond acceptors (Lipinski definition) is 4. The number of rotatable bonds is 35. The van der Waals surface area contributed by atoms with Crippen molar-refractivity contribution in [2.75, 3.05) is 13.2 Å². The van der Waals surface area contributed by atoms with Gasteiger partial charge in [0.05, 0.1) is 0 Å². The van der Waals surface area contributed by atoms with E-state index in [1.54, 1.807) is 32.2 Å². The third-order valence-corrected chi connectivity index (χ3v) is 34.8. The molecule has 60 heavy (non-hydrogen) atoms. The second kappa shape index (κ2) is 30.0. The number of thiophene rings is 2. The van der Waals surface area contributed by atoms with E-state index >= 15 is 0 Å². The Morgan fingerprint density at radius 1 is 0.450 bits per heavy atom. The summed E-state index contributed by atoms with van der Waals surface area (Å²) >= 11 is -0.0915. The van der Waals surface area contributed by atoms with Crippen molar-refractivity contribution in [3.8, 4) is 9.75 Å². The molecule has 0 aliphatic heterocycles. The fourth-order valence-electron chi connectivity index (χ4n) is 9.58. The number of hydrogen-bond donors (Lipinski definition) is 0. The summed E-state index contributed by atoms with van der Waals surface area (Å²) in [6.45, 7) is 6.47. The molecule has 0 radical (unpaired) electrons.